The Morgan fingerprint density at radius 3 is 2.91 bits per heavy atom. The summed E-state index contributed by atoms with van der Waals surface area (Å²) in [5, 5.41) is 2.51. The molecular formula is C7H7BrN2O. The number of rotatable bonds is 1. The summed E-state index contributed by atoms with van der Waals surface area (Å²) < 4.78 is 0.804. The zero-order valence-electron chi connectivity index (χ0n) is 5.97. The SMILES string of the molecule is CNC(=O)c1cncc(Br)c1. The molecule has 1 aromatic heterocycles. The maximum atomic E-state index is 11.0. The molecule has 1 N–H and O–H groups in total. The van der Waals surface area contributed by atoms with Crippen LogP contribution in [0.1, 0.15) is 10.4 Å². The van der Waals surface area contributed by atoms with Gasteiger partial charge in [0, 0.05) is 23.9 Å². The van der Waals surface area contributed by atoms with E-state index >= 15 is 0 Å². The Balaban J connectivity index is 2.96. The highest BCUT2D eigenvalue weighted by Gasteiger charge is 2.01. The van der Waals surface area contributed by atoms with Gasteiger partial charge in [-0.15, -0.1) is 0 Å². The van der Waals surface area contributed by atoms with E-state index in [9.17, 15) is 4.79 Å². The monoisotopic (exact) mass is 214 g/mol. The summed E-state index contributed by atoms with van der Waals surface area (Å²) in [6, 6.07) is 1.71. The third kappa shape index (κ3) is 2.01. The van der Waals surface area contributed by atoms with E-state index in [0.717, 1.165) is 4.47 Å². The summed E-state index contributed by atoms with van der Waals surface area (Å²) >= 11 is 3.22. The minimum Gasteiger partial charge on any atom is -0.355 e. The first-order chi connectivity index (χ1) is 5.24. The van der Waals surface area contributed by atoms with Gasteiger partial charge in [-0.25, -0.2) is 0 Å². The fourth-order valence-electron chi connectivity index (χ4n) is 0.680. The van der Waals surface area contributed by atoms with Crippen LogP contribution in [0.2, 0.25) is 0 Å². The molecule has 1 rings (SSSR count). The number of carbonyl (C=O) groups excluding carboxylic acids is 1. The zero-order chi connectivity index (χ0) is 8.27. The van der Waals surface area contributed by atoms with Gasteiger partial charge in [-0.1, -0.05) is 0 Å². The van der Waals surface area contributed by atoms with Crippen LogP contribution >= 0.6 is 15.9 Å². The molecular weight excluding hydrogens is 208 g/mol. The van der Waals surface area contributed by atoms with Crippen molar-refractivity contribution in [2.24, 2.45) is 0 Å². The number of amides is 1. The topological polar surface area (TPSA) is 42.0 Å². The molecule has 0 aliphatic rings. The summed E-state index contributed by atoms with van der Waals surface area (Å²) in [4.78, 5) is 14.8. The lowest BCUT2D eigenvalue weighted by molar-refractivity contribution is 0.0962. The number of aromatic nitrogens is 1. The largest absolute Gasteiger partial charge is 0.355 e. The summed E-state index contributed by atoms with van der Waals surface area (Å²) in [5.41, 5.74) is 0.557. The Morgan fingerprint density at radius 2 is 2.36 bits per heavy atom. The van der Waals surface area contributed by atoms with Crippen LogP contribution in [-0.2, 0) is 0 Å². The molecule has 3 nitrogen and oxygen atoms in total. The molecule has 0 saturated heterocycles. The van der Waals surface area contributed by atoms with Gasteiger partial charge in [-0.05, 0) is 22.0 Å². The molecule has 0 bridgehead atoms. The van der Waals surface area contributed by atoms with Crippen LogP contribution in [0, 0.1) is 0 Å². The number of carbonyl (C=O) groups is 1. The van der Waals surface area contributed by atoms with E-state index in [2.05, 4.69) is 26.2 Å². The van der Waals surface area contributed by atoms with Gasteiger partial charge in [-0.2, -0.15) is 0 Å². The van der Waals surface area contributed by atoms with Crippen LogP contribution in [-0.4, -0.2) is 17.9 Å². The van der Waals surface area contributed by atoms with Gasteiger partial charge in [0.15, 0.2) is 0 Å². The summed E-state index contributed by atoms with van der Waals surface area (Å²) in [6.07, 6.45) is 3.15. The standard InChI is InChI=1S/C7H7BrN2O/c1-9-7(11)5-2-6(8)4-10-3-5/h2-4H,1H3,(H,9,11). The summed E-state index contributed by atoms with van der Waals surface area (Å²) in [6.45, 7) is 0. The minimum absolute atomic E-state index is 0.126. The van der Waals surface area contributed by atoms with Crippen molar-refractivity contribution in [3.8, 4) is 0 Å². The molecule has 0 aromatic carbocycles. The van der Waals surface area contributed by atoms with E-state index in [1.807, 2.05) is 0 Å². The Kier molecular flexibility index (Phi) is 2.59. The van der Waals surface area contributed by atoms with Crippen LogP contribution in [0.3, 0.4) is 0 Å². The van der Waals surface area contributed by atoms with Crippen molar-refractivity contribution in [2.75, 3.05) is 7.05 Å². The predicted molar refractivity (Wildman–Crippen MR) is 45.3 cm³/mol. The molecule has 11 heavy (non-hydrogen) atoms. The van der Waals surface area contributed by atoms with Crippen LogP contribution in [0.15, 0.2) is 22.9 Å². The van der Waals surface area contributed by atoms with Gasteiger partial charge < -0.3 is 5.32 Å². The molecule has 0 fully saturated rings. The first-order valence-electron chi connectivity index (χ1n) is 3.06. The minimum atomic E-state index is -0.126. The molecule has 58 valence electrons. The quantitative estimate of drug-likeness (QED) is 0.764. The van der Waals surface area contributed by atoms with Gasteiger partial charge in [0.05, 0.1) is 5.56 Å². The summed E-state index contributed by atoms with van der Waals surface area (Å²) in [5.74, 6) is -0.126. The van der Waals surface area contributed by atoms with E-state index in [1.54, 1.807) is 19.3 Å². The van der Waals surface area contributed by atoms with Crippen molar-refractivity contribution in [1.29, 1.82) is 0 Å². The second-order valence-electron chi connectivity index (χ2n) is 1.97. The number of pyridine rings is 1. The Morgan fingerprint density at radius 1 is 1.64 bits per heavy atom. The lowest BCUT2D eigenvalue weighted by Crippen LogP contribution is -2.17. The molecule has 1 heterocycles. The van der Waals surface area contributed by atoms with Gasteiger partial charge in [0.1, 0.15) is 0 Å². The number of nitrogens with one attached hydrogen (secondary N) is 1. The van der Waals surface area contributed by atoms with Gasteiger partial charge in [0.2, 0.25) is 0 Å². The lowest BCUT2D eigenvalue weighted by Gasteiger charge is -1.97. The molecule has 0 aliphatic carbocycles. The van der Waals surface area contributed by atoms with Crippen LogP contribution in [0.25, 0.3) is 0 Å². The van der Waals surface area contributed by atoms with Crippen LogP contribution < -0.4 is 5.32 Å². The maximum absolute atomic E-state index is 11.0. The molecule has 0 saturated carbocycles. The third-order valence-electron chi connectivity index (χ3n) is 1.19. The number of hydrogen-bond donors (Lipinski definition) is 1. The van der Waals surface area contributed by atoms with Crippen molar-refractivity contribution in [3.63, 3.8) is 0 Å². The number of hydrogen-bond acceptors (Lipinski definition) is 2. The Hall–Kier alpha value is -0.900. The fourth-order valence-corrected chi connectivity index (χ4v) is 1.05. The van der Waals surface area contributed by atoms with Crippen molar-refractivity contribution >= 4 is 21.8 Å². The van der Waals surface area contributed by atoms with Crippen molar-refractivity contribution in [3.05, 3.63) is 28.5 Å². The third-order valence-corrected chi connectivity index (χ3v) is 1.63. The van der Waals surface area contributed by atoms with Gasteiger partial charge in [0.25, 0.3) is 5.91 Å². The molecule has 0 atom stereocenters. The highest BCUT2D eigenvalue weighted by molar-refractivity contribution is 9.10. The molecule has 0 aliphatic heterocycles. The first-order valence-corrected chi connectivity index (χ1v) is 3.86. The van der Waals surface area contributed by atoms with Crippen molar-refractivity contribution in [2.45, 2.75) is 0 Å². The average Bonchev–Trinajstić information content (AvgIpc) is 2.03. The Labute approximate surface area is 73.0 Å². The van der Waals surface area contributed by atoms with Crippen LogP contribution in [0.4, 0.5) is 0 Å². The average molecular weight is 215 g/mol. The van der Waals surface area contributed by atoms with E-state index in [4.69, 9.17) is 0 Å². The second kappa shape index (κ2) is 3.48. The fraction of sp³-hybridized carbons (Fsp3) is 0.143. The molecule has 0 radical (unpaired) electrons. The smallest absolute Gasteiger partial charge is 0.252 e. The highest BCUT2D eigenvalue weighted by Crippen LogP contribution is 2.08. The lowest BCUT2D eigenvalue weighted by atomic mass is 10.3. The normalized spacial score (nSPS) is 9.27. The molecule has 1 amide bonds. The second-order valence-corrected chi connectivity index (χ2v) is 2.89. The highest BCUT2D eigenvalue weighted by atomic mass is 79.9. The van der Waals surface area contributed by atoms with Crippen LogP contribution in [0.5, 0.6) is 0 Å². The van der Waals surface area contributed by atoms with E-state index in [1.165, 1.54) is 6.20 Å². The van der Waals surface area contributed by atoms with E-state index in [-0.39, 0.29) is 5.91 Å². The van der Waals surface area contributed by atoms with Crippen molar-refractivity contribution < 1.29 is 4.79 Å². The maximum Gasteiger partial charge on any atom is 0.252 e. The zero-order valence-corrected chi connectivity index (χ0v) is 7.55. The number of halogens is 1. The van der Waals surface area contributed by atoms with E-state index in [0.29, 0.717) is 5.56 Å². The molecule has 0 unspecified atom stereocenters. The summed E-state index contributed by atoms with van der Waals surface area (Å²) in [7, 11) is 1.59. The Bertz CT molecular complexity index is 275. The van der Waals surface area contributed by atoms with E-state index < -0.39 is 0 Å². The van der Waals surface area contributed by atoms with Crippen molar-refractivity contribution in [1.82, 2.24) is 10.3 Å². The molecule has 1 aromatic rings. The van der Waals surface area contributed by atoms with Gasteiger partial charge >= 0.3 is 0 Å². The molecule has 4 heteroatoms. The molecule has 0 spiro atoms. The predicted octanol–water partition coefficient (Wildman–Crippen LogP) is 1.20. The van der Waals surface area contributed by atoms with Gasteiger partial charge in [-0.3, -0.25) is 9.78 Å². The first kappa shape index (κ1) is 8.20. The number of nitrogens with zero attached hydrogens (tertiary/aromatic N) is 1.